The van der Waals surface area contributed by atoms with Gasteiger partial charge in [-0.2, -0.15) is 5.26 Å². The fourth-order valence-electron chi connectivity index (χ4n) is 2.74. The lowest BCUT2D eigenvalue weighted by molar-refractivity contribution is -0.112. The number of aromatic nitrogens is 2. The Labute approximate surface area is 200 Å². The van der Waals surface area contributed by atoms with Crippen molar-refractivity contribution in [1.82, 2.24) is 10.2 Å². The lowest BCUT2D eigenvalue weighted by Gasteiger charge is -2.12. The van der Waals surface area contributed by atoms with E-state index in [0.29, 0.717) is 51.2 Å². The minimum absolute atomic E-state index is 0.0785. The molecule has 0 saturated heterocycles. The molecule has 33 heavy (non-hydrogen) atoms. The topological polar surface area (TPSA) is 106 Å². The van der Waals surface area contributed by atoms with Crippen molar-refractivity contribution in [3.63, 3.8) is 0 Å². The SMILES string of the molecule is COc1cc(/C=C(/C#N)C(=O)Nc2nnc(C)s2)ccc1OCCOc1ccc(Cl)c(C)c1. The number of ether oxygens (including phenoxy) is 3. The predicted octanol–water partition coefficient (Wildman–Crippen LogP) is 4.82. The minimum Gasteiger partial charge on any atom is -0.493 e. The third-order valence-electron chi connectivity index (χ3n) is 4.35. The van der Waals surface area contributed by atoms with Crippen LogP contribution in [0.4, 0.5) is 5.13 Å². The van der Waals surface area contributed by atoms with Gasteiger partial charge in [-0.3, -0.25) is 10.1 Å². The maximum Gasteiger partial charge on any atom is 0.268 e. The molecule has 0 spiro atoms. The van der Waals surface area contributed by atoms with E-state index in [0.717, 1.165) is 5.56 Å². The van der Waals surface area contributed by atoms with Crippen LogP contribution < -0.4 is 19.5 Å². The van der Waals surface area contributed by atoms with E-state index in [1.165, 1.54) is 24.5 Å². The Hall–Kier alpha value is -3.61. The predicted molar refractivity (Wildman–Crippen MR) is 127 cm³/mol. The lowest BCUT2D eigenvalue weighted by Crippen LogP contribution is -2.13. The van der Waals surface area contributed by atoms with E-state index >= 15 is 0 Å². The Bertz CT molecular complexity index is 1220. The van der Waals surface area contributed by atoms with Crippen molar-refractivity contribution >= 4 is 40.1 Å². The molecule has 3 aromatic rings. The van der Waals surface area contributed by atoms with E-state index in [1.54, 1.807) is 37.3 Å². The number of carbonyl (C=O) groups is 1. The number of nitrogens with one attached hydrogen (secondary N) is 1. The van der Waals surface area contributed by atoms with Crippen LogP contribution >= 0.6 is 22.9 Å². The van der Waals surface area contributed by atoms with Crippen molar-refractivity contribution in [1.29, 1.82) is 5.26 Å². The van der Waals surface area contributed by atoms with Gasteiger partial charge < -0.3 is 14.2 Å². The van der Waals surface area contributed by atoms with Gasteiger partial charge in [-0.25, -0.2) is 0 Å². The number of nitrogens with zero attached hydrogens (tertiary/aromatic N) is 3. The summed E-state index contributed by atoms with van der Waals surface area (Å²) < 4.78 is 16.8. The number of anilines is 1. The van der Waals surface area contributed by atoms with Crippen LogP contribution in [-0.4, -0.2) is 36.4 Å². The zero-order chi connectivity index (χ0) is 23.8. The highest BCUT2D eigenvalue weighted by Gasteiger charge is 2.13. The van der Waals surface area contributed by atoms with Crippen LogP contribution in [0.1, 0.15) is 16.1 Å². The number of halogens is 1. The van der Waals surface area contributed by atoms with Crippen molar-refractivity contribution in [2.24, 2.45) is 0 Å². The second kappa shape index (κ2) is 11.3. The van der Waals surface area contributed by atoms with Crippen LogP contribution in [0.5, 0.6) is 17.2 Å². The van der Waals surface area contributed by atoms with E-state index in [2.05, 4.69) is 15.5 Å². The van der Waals surface area contributed by atoms with Crippen molar-refractivity contribution < 1.29 is 19.0 Å². The Morgan fingerprint density at radius 2 is 1.94 bits per heavy atom. The molecule has 0 atom stereocenters. The van der Waals surface area contributed by atoms with Crippen LogP contribution in [0.2, 0.25) is 5.02 Å². The quantitative estimate of drug-likeness (QED) is 0.263. The zero-order valence-electron chi connectivity index (χ0n) is 18.2. The number of rotatable bonds is 9. The molecule has 0 aliphatic heterocycles. The van der Waals surface area contributed by atoms with Gasteiger partial charge in [0, 0.05) is 5.02 Å². The summed E-state index contributed by atoms with van der Waals surface area (Å²) in [6.07, 6.45) is 1.46. The summed E-state index contributed by atoms with van der Waals surface area (Å²) in [4.78, 5) is 12.4. The molecule has 3 rings (SSSR count). The van der Waals surface area contributed by atoms with E-state index in [1.807, 2.05) is 19.1 Å². The molecule has 10 heteroatoms. The Morgan fingerprint density at radius 1 is 1.15 bits per heavy atom. The van der Waals surface area contributed by atoms with Gasteiger partial charge >= 0.3 is 0 Å². The van der Waals surface area contributed by atoms with Gasteiger partial charge in [0.05, 0.1) is 7.11 Å². The summed E-state index contributed by atoms with van der Waals surface area (Å²) in [5.41, 5.74) is 1.46. The van der Waals surface area contributed by atoms with Gasteiger partial charge in [0.2, 0.25) is 5.13 Å². The number of benzene rings is 2. The third kappa shape index (κ3) is 6.68. The van der Waals surface area contributed by atoms with Crippen LogP contribution in [0, 0.1) is 25.2 Å². The van der Waals surface area contributed by atoms with Crippen molar-refractivity contribution in [2.75, 3.05) is 25.6 Å². The molecule has 0 saturated carbocycles. The number of hydrogen-bond donors (Lipinski definition) is 1. The summed E-state index contributed by atoms with van der Waals surface area (Å²) >= 11 is 7.24. The highest BCUT2D eigenvalue weighted by atomic mass is 35.5. The molecule has 0 fully saturated rings. The fourth-order valence-corrected chi connectivity index (χ4v) is 3.44. The fraction of sp³-hybridized carbons (Fsp3) is 0.217. The number of carbonyl (C=O) groups excluding carboxylic acids is 1. The van der Waals surface area contributed by atoms with Gasteiger partial charge in [-0.1, -0.05) is 29.0 Å². The molecule has 8 nitrogen and oxygen atoms in total. The molecular formula is C23H21ClN4O4S. The lowest BCUT2D eigenvalue weighted by atomic mass is 10.1. The summed E-state index contributed by atoms with van der Waals surface area (Å²) in [5, 5.41) is 21.4. The molecule has 0 aliphatic carbocycles. The van der Waals surface area contributed by atoms with E-state index in [9.17, 15) is 10.1 Å². The van der Waals surface area contributed by atoms with Crippen LogP contribution in [0.3, 0.4) is 0 Å². The summed E-state index contributed by atoms with van der Waals surface area (Å²) in [6, 6.07) is 12.5. The molecule has 170 valence electrons. The summed E-state index contributed by atoms with van der Waals surface area (Å²) in [5.74, 6) is 1.11. The molecule has 0 unspecified atom stereocenters. The molecule has 1 heterocycles. The molecule has 0 bridgehead atoms. The van der Waals surface area contributed by atoms with Crippen LogP contribution in [-0.2, 0) is 4.79 Å². The summed E-state index contributed by atoms with van der Waals surface area (Å²) in [7, 11) is 1.51. The third-order valence-corrected chi connectivity index (χ3v) is 5.53. The highest BCUT2D eigenvalue weighted by Crippen LogP contribution is 2.29. The first kappa shape index (κ1) is 24.0. The molecule has 1 N–H and O–H groups in total. The second-order valence-corrected chi connectivity index (χ2v) is 8.36. The van der Waals surface area contributed by atoms with Crippen molar-refractivity contribution in [3.8, 4) is 23.3 Å². The zero-order valence-corrected chi connectivity index (χ0v) is 19.8. The monoisotopic (exact) mass is 484 g/mol. The molecule has 1 aromatic heterocycles. The van der Waals surface area contributed by atoms with E-state index < -0.39 is 5.91 Å². The van der Waals surface area contributed by atoms with Gasteiger partial charge in [0.1, 0.15) is 35.6 Å². The van der Waals surface area contributed by atoms with Crippen LogP contribution in [0.25, 0.3) is 6.08 Å². The highest BCUT2D eigenvalue weighted by molar-refractivity contribution is 7.15. The second-order valence-electron chi connectivity index (χ2n) is 6.77. The maximum absolute atomic E-state index is 12.4. The molecule has 2 aromatic carbocycles. The number of amides is 1. The van der Waals surface area contributed by atoms with E-state index in [-0.39, 0.29) is 5.57 Å². The smallest absolute Gasteiger partial charge is 0.268 e. The van der Waals surface area contributed by atoms with E-state index in [4.69, 9.17) is 25.8 Å². The number of hydrogen-bond acceptors (Lipinski definition) is 8. The van der Waals surface area contributed by atoms with Crippen molar-refractivity contribution in [3.05, 3.63) is 63.1 Å². The molecule has 0 aliphatic rings. The average Bonchev–Trinajstić information content (AvgIpc) is 3.22. The number of methoxy groups -OCH3 is 1. The normalized spacial score (nSPS) is 10.9. The Balaban J connectivity index is 1.62. The van der Waals surface area contributed by atoms with Gasteiger partial charge in [-0.15, -0.1) is 10.2 Å². The molecule has 1 amide bonds. The summed E-state index contributed by atoms with van der Waals surface area (Å²) in [6.45, 7) is 4.30. The Morgan fingerprint density at radius 3 is 2.61 bits per heavy atom. The molecule has 0 radical (unpaired) electrons. The van der Waals surface area contributed by atoms with Crippen LogP contribution in [0.15, 0.2) is 42.0 Å². The first-order valence-corrected chi connectivity index (χ1v) is 11.0. The standard InChI is InChI=1S/C23H21ClN4O4S/c1-14-10-18(5-6-19(14)24)31-8-9-32-20-7-4-16(12-21(20)30-3)11-17(13-25)22(29)26-23-28-27-15(2)33-23/h4-7,10-12H,8-9H2,1-3H3,(H,26,28,29)/b17-11-. The largest absolute Gasteiger partial charge is 0.493 e. The van der Waals surface area contributed by atoms with Gasteiger partial charge in [0.15, 0.2) is 11.5 Å². The van der Waals surface area contributed by atoms with Gasteiger partial charge in [0.25, 0.3) is 5.91 Å². The first-order valence-electron chi connectivity index (χ1n) is 9.82. The van der Waals surface area contributed by atoms with Crippen molar-refractivity contribution in [2.45, 2.75) is 13.8 Å². The maximum atomic E-state index is 12.4. The average molecular weight is 485 g/mol. The number of nitriles is 1. The van der Waals surface area contributed by atoms with Gasteiger partial charge in [-0.05, 0) is 61.4 Å². The molecular weight excluding hydrogens is 464 g/mol. The Kier molecular flexibility index (Phi) is 8.24. The first-order chi connectivity index (χ1) is 15.9. The minimum atomic E-state index is -0.567. The number of aryl methyl sites for hydroxylation is 2.